The second-order valence-corrected chi connectivity index (χ2v) is 8.80. The third-order valence-electron chi connectivity index (χ3n) is 4.11. The summed E-state index contributed by atoms with van der Waals surface area (Å²) in [6.45, 7) is 1.11. The zero-order chi connectivity index (χ0) is 20.9. The fourth-order valence-corrected chi connectivity index (χ4v) is 3.51. The first-order chi connectivity index (χ1) is 13.1. The molecular formula is C19H23ClFN3O3S. The lowest BCUT2D eigenvalue weighted by molar-refractivity contribution is 0.0731. The van der Waals surface area contributed by atoms with E-state index in [2.05, 4.69) is 4.72 Å². The molecule has 0 aliphatic rings. The molecule has 2 aromatic rings. The normalized spacial score (nSPS) is 11.6. The Hall–Kier alpha value is -2.00. The van der Waals surface area contributed by atoms with Crippen molar-refractivity contribution < 1.29 is 17.6 Å². The highest BCUT2D eigenvalue weighted by atomic mass is 35.5. The number of likely N-dealkylation sites (N-methyl/N-ethyl adjacent to an activating group) is 1. The summed E-state index contributed by atoms with van der Waals surface area (Å²) in [7, 11) is 1.31. The molecule has 152 valence electrons. The third-order valence-corrected chi connectivity index (χ3v) is 5.86. The summed E-state index contributed by atoms with van der Waals surface area (Å²) in [4.78, 5) is 16.5. The van der Waals surface area contributed by atoms with Crippen LogP contribution < -0.4 is 4.72 Å². The molecule has 0 unspecified atom stereocenters. The first kappa shape index (κ1) is 22.3. The number of benzene rings is 2. The first-order valence-electron chi connectivity index (χ1n) is 8.55. The van der Waals surface area contributed by atoms with E-state index in [1.165, 1.54) is 42.3 Å². The van der Waals surface area contributed by atoms with Gasteiger partial charge in [0.15, 0.2) is 0 Å². The molecule has 0 aliphatic carbocycles. The van der Waals surface area contributed by atoms with E-state index in [9.17, 15) is 17.6 Å². The Morgan fingerprint density at radius 3 is 2.46 bits per heavy atom. The van der Waals surface area contributed by atoms with Crippen molar-refractivity contribution in [2.75, 3.05) is 34.2 Å². The van der Waals surface area contributed by atoms with Crippen molar-refractivity contribution in [2.45, 2.75) is 11.4 Å². The second kappa shape index (κ2) is 9.47. The van der Waals surface area contributed by atoms with Gasteiger partial charge in [-0.3, -0.25) is 4.79 Å². The van der Waals surface area contributed by atoms with E-state index in [1.807, 2.05) is 19.0 Å². The van der Waals surface area contributed by atoms with Crippen LogP contribution in [0.5, 0.6) is 0 Å². The lowest BCUT2D eigenvalue weighted by atomic mass is 10.1. The highest BCUT2D eigenvalue weighted by Crippen LogP contribution is 2.23. The standard InChI is InChI=1S/C19H23ClFN3O3S/c1-22-28(26,27)16-7-8-18(20)17(12-16)19(25)24(10-9-23(2)3)13-14-5-4-6-15(21)11-14/h4-8,11-12,22H,9-10,13H2,1-3H3. The number of nitrogens with zero attached hydrogens (tertiary/aromatic N) is 2. The average molecular weight is 428 g/mol. The maximum absolute atomic E-state index is 13.5. The maximum Gasteiger partial charge on any atom is 0.255 e. The van der Waals surface area contributed by atoms with E-state index in [1.54, 1.807) is 12.1 Å². The van der Waals surface area contributed by atoms with Gasteiger partial charge in [-0.05, 0) is 57.0 Å². The molecule has 2 aromatic carbocycles. The minimum Gasteiger partial charge on any atom is -0.333 e. The average Bonchev–Trinajstić information content (AvgIpc) is 2.64. The first-order valence-corrected chi connectivity index (χ1v) is 10.4. The van der Waals surface area contributed by atoms with Gasteiger partial charge in [-0.15, -0.1) is 0 Å². The Balaban J connectivity index is 2.39. The molecule has 0 bridgehead atoms. The topological polar surface area (TPSA) is 69.7 Å². The summed E-state index contributed by atoms with van der Waals surface area (Å²) in [5, 5.41) is 0.147. The van der Waals surface area contributed by atoms with E-state index in [-0.39, 0.29) is 22.0 Å². The summed E-state index contributed by atoms with van der Waals surface area (Å²) in [5.41, 5.74) is 0.704. The molecule has 0 saturated carbocycles. The Morgan fingerprint density at radius 1 is 1.14 bits per heavy atom. The van der Waals surface area contributed by atoms with Crippen LogP contribution in [0.3, 0.4) is 0 Å². The minimum absolute atomic E-state index is 0.0546. The van der Waals surface area contributed by atoms with Crippen LogP contribution in [0.25, 0.3) is 0 Å². The van der Waals surface area contributed by atoms with Crippen molar-refractivity contribution in [3.05, 3.63) is 64.4 Å². The zero-order valence-corrected chi connectivity index (χ0v) is 17.5. The van der Waals surface area contributed by atoms with Gasteiger partial charge in [0.2, 0.25) is 10.0 Å². The third kappa shape index (κ3) is 5.75. The van der Waals surface area contributed by atoms with Gasteiger partial charge >= 0.3 is 0 Å². The number of halogens is 2. The van der Waals surface area contributed by atoms with E-state index in [0.717, 1.165) is 0 Å². The van der Waals surface area contributed by atoms with E-state index in [0.29, 0.717) is 18.7 Å². The van der Waals surface area contributed by atoms with E-state index >= 15 is 0 Å². The Morgan fingerprint density at radius 2 is 1.86 bits per heavy atom. The van der Waals surface area contributed by atoms with E-state index in [4.69, 9.17) is 11.6 Å². The van der Waals surface area contributed by atoms with Crippen LogP contribution in [0, 0.1) is 5.82 Å². The molecular weight excluding hydrogens is 405 g/mol. The molecule has 0 saturated heterocycles. The summed E-state index contributed by atoms with van der Waals surface area (Å²) >= 11 is 6.19. The monoisotopic (exact) mass is 427 g/mol. The number of hydrogen-bond donors (Lipinski definition) is 1. The van der Waals surface area contributed by atoms with Gasteiger partial charge in [-0.25, -0.2) is 17.5 Å². The Labute approximate surface area is 170 Å². The number of amides is 1. The number of carbonyl (C=O) groups excluding carboxylic acids is 1. The zero-order valence-electron chi connectivity index (χ0n) is 15.9. The molecule has 1 N–H and O–H groups in total. The van der Waals surface area contributed by atoms with Crippen molar-refractivity contribution in [1.29, 1.82) is 0 Å². The Kier molecular flexibility index (Phi) is 7.54. The van der Waals surface area contributed by atoms with Crippen LogP contribution >= 0.6 is 11.6 Å². The van der Waals surface area contributed by atoms with Gasteiger partial charge in [-0.1, -0.05) is 23.7 Å². The summed E-state index contributed by atoms with van der Waals surface area (Å²) in [6.07, 6.45) is 0. The number of carbonyl (C=O) groups is 1. The van der Waals surface area contributed by atoms with Gasteiger partial charge in [-0.2, -0.15) is 0 Å². The Bertz CT molecular complexity index is 951. The van der Waals surface area contributed by atoms with Crippen LogP contribution in [-0.4, -0.2) is 58.4 Å². The van der Waals surface area contributed by atoms with Gasteiger partial charge < -0.3 is 9.80 Å². The largest absolute Gasteiger partial charge is 0.333 e. The van der Waals surface area contributed by atoms with Crippen LogP contribution in [0.15, 0.2) is 47.4 Å². The number of hydrogen-bond acceptors (Lipinski definition) is 4. The lowest BCUT2D eigenvalue weighted by Crippen LogP contribution is -2.36. The smallest absolute Gasteiger partial charge is 0.255 e. The number of nitrogens with one attached hydrogen (secondary N) is 1. The van der Waals surface area contributed by atoms with Crippen LogP contribution in [-0.2, 0) is 16.6 Å². The van der Waals surface area contributed by atoms with Gasteiger partial charge in [0, 0.05) is 19.6 Å². The molecule has 0 spiro atoms. The molecule has 0 atom stereocenters. The second-order valence-electron chi connectivity index (χ2n) is 6.51. The minimum atomic E-state index is -3.72. The highest BCUT2D eigenvalue weighted by molar-refractivity contribution is 7.89. The van der Waals surface area contributed by atoms with Crippen LogP contribution in [0.1, 0.15) is 15.9 Å². The summed E-state index contributed by atoms with van der Waals surface area (Å²) in [6, 6.07) is 9.96. The molecule has 0 fully saturated rings. The molecule has 0 radical (unpaired) electrons. The van der Waals surface area contributed by atoms with Crippen LogP contribution in [0.2, 0.25) is 5.02 Å². The predicted molar refractivity (Wildman–Crippen MR) is 107 cm³/mol. The van der Waals surface area contributed by atoms with E-state index < -0.39 is 21.7 Å². The van der Waals surface area contributed by atoms with Gasteiger partial charge in [0.05, 0.1) is 15.5 Å². The molecule has 28 heavy (non-hydrogen) atoms. The van der Waals surface area contributed by atoms with Crippen LogP contribution in [0.4, 0.5) is 4.39 Å². The highest BCUT2D eigenvalue weighted by Gasteiger charge is 2.22. The molecule has 6 nitrogen and oxygen atoms in total. The number of rotatable bonds is 8. The predicted octanol–water partition coefficient (Wildman–Crippen LogP) is 2.59. The van der Waals surface area contributed by atoms with Crippen molar-refractivity contribution in [1.82, 2.24) is 14.5 Å². The fraction of sp³-hybridized carbons (Fsp3) is 0.316. The lowest BCUT2D eigenvalue weighted by Gasteiger charge is -2.25. The van der Waals surface area contributed by atoms with Crippen molar-refractivity contribution in [3.63, 3.8) is 0 Å². The molecule has 0 aromatic heterocycles. The SMILES string of the molecule is CNS(=O)(=O)c1ccc(Cl)c(C(=O)N(CCN(C)C)Cc2cccc(F)c2)c1. The fourth-order valence-electron chi connectivity index (χ4n) is 2.55. The molecule has 0 heterocycles. The summed E-state index contributed by atoms with van der Waals surface area (Å²) < 4.78 is 39.9. The van der Waals surface area contributed by atoms with Crippen molar-refractivity contribution >= 4 is 27.5 Å². The molecule has 1 amide bonds. The van der Waals surface area contributed by atoms with Gasteiger partial charge in [0.1, 0.15) is 5.82 Å². The van der Waals surface area contributed by atoms with Crippen molar-refractivity contribution in [2.24, 2.45) is 0 Å². The quantitative estimate of drug-likeness (QED) is 0.703. The van der Waals surface area contributed by atoms with Gasteiger partial charge in [0.25, 0.3) is 5.91 Å². The molecule has 2 rings (SSSR count). The molecule has 0 aliphatic heterocycles. The number of sulfonamides is 1. The molecule has 9 heteroatoms. The van der Waals surface area contributed by atoms with Crippen molar-refractivity contribution in [3.8, 4) is 0 Å². The summed E-state index contributed by atoms with van der Waals surface area (Å²) in [5.74, 6) is -0.818. The maximum atomic E-state index is 13.5.